The number of carbonyl (C=O) groups is 1. The lowest BCUT2D eigenvalue weighted by Crippen LogP contribution is -2.32. The molecule has 1 rings (SSSR count). The molecule has 0 saturated heterocycles. The first-order valence-electron chi connectivity index (χ1n) is 5.30. The number of nitrogens with zero attached hydrogens (tertiary/aromatic N) is 3. The molecule has 0 amide bonds. The summed E-state index contributed by atoms with van der Waals surface area (Å²) in [4.78, 5) is 28.6. The zero-order valence-corrected chi connectivity index (χ0v) is 10.7. The number of aliphatic carboxylic acids is 1. The molecule has 0 aliphatic rings. The maximum Gasteiger partial charge on any atom is 0.372 e. The standard InChI is InChI=1S/C10H14N4O5/c1-10(2,9(15)16)4-11-7-6(14(17)18)8(19-3)13-5-12-7/h5H,4H2,1-3H3,(H,15,16)(H,11,12,13). The number of hydrogen-bond donors (Lipinski definition) is 2. The molecule has 9 heteroatoms. The first-order chi connectivity index (χ1) is 8.79. The Morgan fingerprint density at radius 3 is 2.68 bits per heavy atom. The maximum atomic E-state index is 11.0. The van der Waals surface area contributed by atoms with Crippen molar-refractivity contribution < 1.29 is 19.6 Å². The van der Waals surface area contributed by atoms with Crippen molar-refractivity contribution in [2.24, 2.45) is 5.41 Å². The van der Waals surface area contributed by atoms with Gasteiger partial charge in [-0.15, -0.1) is 0 Å². The number of aromatic nitrogens is 2. The van der Waals surface area contributed by atoms with Crippen molar-refractivity contribution in [3.05, 3.63) is 16.4 Å². The van der Waals surface area contributed by atoms with Gasteiger partial charge in [0.2, 0.25) is 5.82 Å². The molecular formula is C10H14N4O5. The third kappa shape index (κ3) is 3.27. The third-order valence-corrected chi connectivity index (χ3v) is 2.44. The fourth-order valence-corrected chi connectivity index (χ4v) is 1.19. The van der Waals surface area contributed by atoms with Crippen molar-refractivity contribution in [1.29, 1.82) is 0 Å². The van der Waals surface area contributed by atoms with Crippen LogP contribution < -0.4 is 10.1 Å². The molecule has 0 unspecified atom stereocenters. The van der Waals surface area contributed by atoms with Gasteiger partial charge in [-0.1, -0.05) is 0 Å². The van der Waals surface area contributed by atoms with Gasteiger partial charge in [0, 0.05) is 6.54 Å². The van der Waals surface area contributed by atoms with Crippen LogP contribution in [0.15, 0.2) is 6.33 Å². The molecule has 2 N–H and O–H groups in total. The second-order valence-corrected chi connectivity index (χ2v) is 4.38. The number of nitro groups is 1. The lowest BCUT2D eigenvalue weighted by atomic mass is 9.94. The number of anilines is 1. The zero-order chi connectivity index (χ0) is 14.6. The topological polar surface area (TPSA) is 127 Å². The smallest absolute Gasteiger partial charge is 0.372 e. The summed E-state index contributed by atoms with van der Waals surface area (Å²) in [6.45, 7) is 2.96. The monoisotopic (exact) mass is 270 g/mol. The van der Waals surface area contributed by atoms with Gasteiger partial charge in [-0.05, 0) is 13.8 Å². The summed E-state index contributed by atoms with van der Waals surface area (Å²) in [5, 5.41) is 22.6. The van der Waals surface area contributed by atoms with Crippen LogP contribution in [0.4, 0.5) is 11.5 Å². The fraction of sp³-hybridized carbons (Fsp3) is 0.500. The van der Waals surface area contributed by atoms with Crippen molar-refractivity contribution in [3.63, 3.8) is 0 Å². The van der Waals surface area contributed by atoms with Crippen LogP contribution in [0.25, 0.3) is 0 Å². The summed E-state index contributed by atoms with van der Waals surface area (Å²) in [6.07, 6.45) is 1.10. The Balaban J connectivity index is 3.02. The second kappa shape index (κ2) is 5.46. The molecule has 0 aromatic carbocycles. The maximum absolute atomic E-state index is 11.0. The molecule has 0 atom stereocenters. The number of carboxylic acid groups (broad SMARTS) is 1. The number of hydrogen-bond acceptors (Lipinski definition) is 7. The van der Waals surface area contributed by atoms with Gasteiger partial charge >= 0.3 is 11.7 Å². The third-order valence-electron chi connectivity index (χ3n) is 2.44. The first kappa shape index (κ1) is 14.6. The summed E-state index contributed by atoms with van der Waals surface area (Å²) in [5.74, 6) is -1.29. The molecule has 0 aliphatic heterocycles. The van der Waals surface area contributed by atoms with Gasteiger partial charge < -0.3 is 15.2 Å². The van der Waals surface area contributed by atoms with Gasteiger partial charge in [0.1, 0.15) is 6.33 Å². The van der Waals surface area contributed by atoms with Gasteiger partial charge in [0.05, 0.1) is 17.4 Å². The molecule has 9 nitrogen and oxygen atoms in total. The molecule has 1 aromatic rings. The number of rotatable bonds is 6. The van der Waals surface area contributed by atoms with Crippen LogP contribution in [0.2, 0.25) is 0 Å². The van der Waals surface area contributed by atoms with E-state index in [-0.39, 0.29) is 18.2 Å². The quantitative estimate of drug-likeness (QED) is 0.576. The van der Waals surface area contributed by atoms with Crippen LogP contribution in [0.3, 0.4) is 0 Å². The fourth-order valence-electron chi connectivity index (χ4n) is 1.19. The van der Waals surface area contributed by atoms with E-state index in [4.69, 9.17) is 9.84 Å². The van der Waals surface area contributed by atoms with Crippen molar-refractivity contribution >= 4 is 17.5 Å². The molecule has 1 aromatic heterocycles. The van der Waals surface area contributed by atoms with Crippen molar-refractivity contribution in [3.8, 4) is 5.88 Å². The predicted octanol–water partition coefficient (Wildman–Crippen LogP) is 0.916. The number of carboxylic acids is 1. The molecule has 0 fully saturated rings. The summed E-state index contributed by atoms with van der Waals surface area (Å²) >= 11 is 0. The van der Waals surface area contributed by atoms with Crippen LogP contribution in [0, 0.1) is 15.5 Å². The molecule has 104 valence electrons. The minimum Gasteiger partial charge on any atom is -0.481 e. The first-order valence-corrected chi connectivity index (χ1v) is 5.30. The van der Waals surface area contributed by atoms with Crippen molar-refractivity contribution in [2.45, 2.75) is 13.8 Å². The average molecular weight is 270 g/mol. The highest BCUT2D eigenvalue weighted by molar-refractivity contribution is 5.74. The molecule has 19 heavy (non-hydrogen) atoms. The highest BCUT2D eigenvalue weighted by Crippen LogP contribution is 2.31. The summed E-state index contributed by atoms with van der Waals surface area (Å²) in [5.41, 5.74) is -1.52. The number of nitrogens with one attached hydrogen (secondary N) is 1. The van der Waals surface area contributed by atoms with Crippen molar-refractivity contribution in [2.75, 3.05) is 19.0 Å². The Bertz CT molecular complexity index is 503. The lowest BCUT2D eigenvalue weighted by molar-refractivity contribution is -0.385. The van der Waals surface area contributed by atoms with E-state index in [1.54, 1.807) is 0 Å². The zero-order valence-electron chi connectivity index (χ0n) is 10.7. The predicted molar refractivity (Wildman–Crippen MR) is 65.1 cm³/mol. The van der Waals surface area contributed by atoms with Gasteiger partial charge in [0.25, 0.3) is 5.88 Å². The minimum atomic E-state index is -1.09. The van der Waals surface area contributed by atoms with Gasteiger partial charge in [-0.2, -0.15) is 4.98 Å². The Morgan fingerprint density at radius 2 is 2.21 bits per heavy atom. The summed E-state index contributed by atoms with van der Waals surface area (Å²) in [7, 11) is 1.25. The Labute approximate surface area is 108 Å². The SMILES string of the molecule is COc1ncnc(NCC(C)(C)C(=O)O)c1[N+](=O)[O-]. The minimum absolute atomic E-state index is 0.0245. The van der Waals surface area contributed by atoms with Crippen LogP contribution >= 0.6 is 0 Å². The van der Waals surface area contributed by atoms with E-state index in [0.29, 0.717) is 0 Å². The average Bonchev–Trinajstić information content (AvgIpc) is 2.35. The van der Waals surface area contributed by atoms with Crippen LogP contribution in [0.5, 0.6) is 5.88 Å². The normalized spacial score (nSPS) is 10.9. The summed E-state index contributed by atoms with van der Waals surface area (Å²) in [6, 6.07) is 0. The number of methoxy groups -OCH3 is 1. The van der Waals surface area contributed by atoms with Crippen LogP contribution in [-0.4, -0.2) is 39.6 Å². The van der Waals surface area contributed by atoms with E-state index in [0.717, 1.165) is 6.33 Å². The molecule has 1 heterocycles. The number of ether oxygens (including phenoxy) is 1. The Kier molecular flexibility index (Phi) is 4.20. The van der Waals surface area contributed by atoms with E-state index < -0.39 is 22.0 Å². The highest BCUT2D eigenvalue weighted by Gasteiger charge is 2.30. The van der Waals surface area contributed by atoms with E-state index in [2.05, 4.69) is 15.3 Å². The summed E-state index contributed by atoms with van der Waals surface area (Å²) < 4.78 is 4.78. The largest absolute Gasteiger partial charge is 0.481 e. The van der Waals surface area contributed by atoms with E-state index in [1.807, 2.05) is 0 Å². The molecule has 0 bridgehead atoms. The molecular weight excluding hydrogens is 256 g/mol. The molecule has 0 aliphatic carbocycles. The van der Waals surface area contributed by atoms with E-state index >= 15 is 0 Å². The highest BCUT2D eigenvalue weighted by atomic mass is 16.6. The van der Waals surface area contributed by atoms with Crippen LogP contribution in [-0.2, 0) is 4.79 Å². The van der Waals surface area contributed by atoms with Gasteiger partial charge in [-0.3, -0.25) is 14.9 Å². The molecule has 0 radical (unpaired) electrons. The Hall–Kier alpha value is -2.45. The van der Waals surface area contributed by atoms with E-state index in [1.165, 1.54) is 21.0 Å². The second-order valence-electron chi connectivity index (χ2n) is 4.38. The lowest BCUT2D eigenvalue weighted by Gasteiger charge is -2.19. The van der Waals surface area contributed by atoms with Gasteiger partial charge in [-0.25, -0.2) is 4.98 Å². The van der Waals surface area contributed by atoms with Gasteiger partial charge in [0.15, 0.2) is 0 Å². The Morgan fingerprint density at radius 1 is 1.58 bits per heavy atom. The molecule has 0 saturated carbocycles. The van der Waals surface area contributed by atoms with Crippen LogP contribution in [0.1, 0.15) is 13.8 Å². The van der Waals surface area contributed by atoms with Crippen molar-refractivity contribution in [1.82, 2.24) is 9.97 Å². The van der Waals surface area contributed by atoms with E-state index in [9.17, 15) is 14.9 Å². The molecule has 0 spiro atoms.